The number of ether oxygens (including phenoxy) is 1. The quantitative estimate of drug-likeness (QED) is 0.267. The Bertz CT molecular complexity index is 1210. The minimum absolute atomic E-state index is 0.110. The second-order valence-corrected chi connectivity index (χ2v) is 12.2. The molecule has 39 heavy (non-hydrogen) atoms. The van der Waals surface area contributed by atoms with E-state index in [2.05, 4.69) is 60.4 Å². The lowest BCUT2D eigenvalue weighted by Crippen LogP contribution is -2.47. The Morgan fingerprint density at radius 1 is 1.15 bits per heavy atom. The van der Waals surface area contributed by atoms with E-state index in [1.54, 1.807) is 11.3 Å². The standard InChI is InChI=1S/C31H44N4O3S/c1-5-24(6-2)35-28-10-9-23(19-26(28)33-29(35)20-25-8-7-17-39-25)30(36)34-27(18-21(3)4)31(37)32-14-11-22-12-15-38-16-13-22/h7-10,17,19,21-22,24,27H,5-6,11-16,18,20H2,1-4H3,(H,32,37)(H,34,36)/t27-/m0/s1. The van der Waals surface area contributed by atoms with Gasteiger partial charge < -0.3 is 19.9 Å². The van der Waals surface area contributed by atoms with E-state index < -0.39 is 6.04 Å². The Balaban J connectivity index is 1.49. The molecule has 0 saturated carbocycles. The van der Waals surface area contributed by atoms with Gasteiger partial charge in [0, 0.05) is 42.7 Å². The maximum atomic E-state index is 13.4. The summed E-state index contributed by atoms with van der Waals surface area (Å²) in [6.45, 7) is 10.8. The highest BCUT2D eigenvalue weighted by Crippen LogP contribution is 2.28. The van der Waals surface area contributed by atoms with Gasteiger partial charge in [-0.2, -0.15) is 0 Å². The monoisotopic (exact) mass is 552 g/mol. The predicted octanol–water partition coefficient (Wildman–Crippen LogP) is 6.13. The molecule has 3 heterocycles. The van der Waals surface area contributed by atoms with Crippen molar-refractivity contribution in [3.8, 4) is 0 Å². The van der Waals surface area contributed by atoms with Gasteiger partial charge in [0.1, 0.15) is 11.9 Å². The highest BCUT2D eigenvalue weighted by atomic mass is 32.1. The van der Waals surface area contributed by atoms with Crippen LogP contribution in [0.1, 0.15) is 93.3 Å². The number of rotatable bonds is 13. The molecule has 1 aliphatic rings. The molecule has 1 atom stereocenters. The number of nitrogens with one attached hydrogen (secondary N) is 2. The van der Waals surface area contributed by atoms with Crippen LogP contribution in [0.25, 0.3) is 11.0 Å². The van der Waals surface area contributed by atoms with Crippen molar-refractivity contribution in [2.24, 2.45) is 11.8 Å². The van der Waals surface area contributed by atoms with Crippen molar-refractivity contribution in [2.45, 2.75) is 84.7 Å². The molecular weight excluding hydrogens is 508 g/mol. The summed E-state index contributed by atoms with van der Waals surface area (Å²) in [7, 11) is 0. The number of hydrogen-bond donors (Lipinski definition) is 2. The Morgan fingerprint density at radius 2 is 1.92 bits per heavy atom. The van der Waals surface area contributed by atoms with Gasteiger partial charge in [0.25, 0.3) is 5.91 Å². The number of aromatic nitrogens is 2. The molecule has 0 unspecified atom stereocenters. The summed E-state index contributed by atoms with van der Waals surface area (Å²) in [6.07, 6.45) is 6.44. The van der Waals surface area contributed by atoms with Crippen LogP contribution in [-0.4, -0.2) is 47.2 Å². The van der Waals surface area contributed by atoms with E-state index in [-0.39, 0.29) is 17.7 Å². The van der Waals surface area contributed by atoms with Crippen LogP contribution in [0, 0.1) is 11.8 Å². The first-order valence-corrected chi connectivity index (χ1v) is 15.5. The highest BCUT2D eigenvalue weighted by molar-refractivity contribution is 7.09. The molecule has 2 aromatic heterocycles. The zero-order chi connectivity index (χ0) is 27.8. The third kappa shape index (κ3) is 7.70. The first kappa shape index (κ1) is 29.3. The molecule has 212 valence electrons. The minimum Gasteiger partial charge on any atom is -0.381 e. The lowest BCUT2D eigenvalue weighted by molar-refractivity contribution is -0.123. The first-order chi connectivity index (χ1) is 18.9. The van der Waals surface area contributed by atoms with E-state index in [4.69, 9.17) is 9.72 Å². The van der Waals surface area contributed by atoms with E-state index in [0.29, 0.717) is 30.5 Å². The van der Waals surface area contributed by atoms with Crippen molar-refractivity contribution in [3.63, 3.8) is 0 Å². The highest BCUT2D eigenvalue weighted by Gasteiger charge is 2.24. The molecule has 1 saturated heterocycles. The van der Waals surface area contributed by atoms with Crippen molar-refractivity contribution in [1.82, 2.24) is 20.2 Å². The number of imidazole rings is 1. The number of hydrogen-bond acceptors (Lipinski definition) is 5. The van der Waals surface area contributed by atoms with Crippen molar-refractivity contribution >= 4 is 34.2 Å². The molecule has 1 aliphatic heterocycles. The molecule has 0 radical (unpaired) electrons. The van der Waals surface area contributed by atoms with Gasteiger partial charge in [-0.15, -0.1) is 11.3 Å². The molecule has 1 fully saturated rings. The van der Waals surface area contributed by atoms with Crippen molar-refractivity contribution in [1.29, 1.82) is 0 Å². The number of nitrogens with zero attached hydrogens (tertiary/aromatic N) is 2. The van der Waals surface area contributed by atoms with Gasteiger partial charge in [-0.1, -0.05) is 33.8 Å². The maximum absolute atomic E-state index is 13.4. The maximum Gasteiger partial charge on any atom is 0.252 e. The molecule has 8 heteroatoms. The topological polar surface area (TPSA) is 85.2 Å². The third-order valence-corrected chi connectivity index (χ3v) is 8.64. The van der Waals surface area contributed by atoms with Gasteiger partial charge in [0.05, 0.1) is 11.0 Å². The van der Waals surface area contributed by atoms with Crippen molar-refractivity contribution in [2.75, 3.05) is 19.8 Å². The van der Waals surface area contributed by atoms with E-state index in [9.17, 15) is 9.59 Å². The van der Waals surface area contributed by atoms with Gasteiger partial charge in [-0.05, 0) is 80.0 Å². The van der Waals surface area contributed by atoms with Crippen LogP contribution in [0.3, 0.4) is 0 Å². The van der Waals surface area contributed by atoms with Gasteiger partial charge in [-0.3, -0.25) is 9.59 Å². The summed E-state index contributed by atoms with van der Waals surface area (Å²) < 4.78 is 7.79. The zero-order valence-corrected chi connectivity index (χ0v) is 24.7. The molecule has 0 spiro atoms. The van der Waals surface area contributed by atoms with Crippen LogP contribution in [0.4, 0.5) is 0 Å². The minimum atomic E-state index is -0.570. The molecule has 3 aromatic rings. The molecule has 4 rings (SSSR count). The second-order valence-electron chi connectivity index (χ2n) is 11.1. The average molecular weight is 553 g/mol. The number of fused-ring (bicyclic) bond motifs is 1. The molecule has 1 aromatic carbocycles. The van der Waals surface area contributed by atoms with Gasteiger partial charge >= 0.3 is 0 Å². The van der Waals surface area contributed by atoms with Crippen LogP contribution in [-0.2, 0) is 16.0 Å². The fraction of sp³-hybridized carbons (Fsp3) is 0.581. The SMILES string of the molecule is CCC(CC)n1c(Cc2cccs2)nc2cc(C(=O)N[C@@H](CC(C)C)C(=O)NCCC3CCOCC3)ccc21. The van der Waals surface area contributed by atoms with Crippen LogP contribution in [0.15, 0.2) is 35.7 Å². The number of carbonyl (C=O) groups is 2. The Kier molecular flexibility index (Phi) is 10.6. The summed E-state index contributed by atoms with van der Waals surface area (Å²) >= 11 is 1.74. The predicted molar refractivity (Wildman–Crippen MR) is 158 cm³/mol. The van der Waals surface area contributed by atoms with E-state index in [0.717, 1.165) is 68.6 Å². The van der Waals surface area contributed by atoms with Crippen LogP contribution < -0.4 is 10.6 Å². The van der Waals surface area contributed by atoms with Gasteiger partial charge in [0.15, 0.2) is 0 Å². The zero-order valence-electron chi connectivity index (χ0n) is 23.9. The molecular formula is C31H44N4O3S. The van der Waals surface area contributed by atoms with Crippen LogP contribution >= 0.6 is 11.3 Å². The summed E-state index contributed by atoms with van der Waals surface area (Å²) in [5.74, 6) is 1.55. The van der Waals surface area contributed by atoms with E-state index in [1.807, 2.05) is 18.2 Å². The van der Waals surface area contributed by atoms with E-state index in [1.165, 1.54) is 4.88 Å². The van der Waals surface area contributed by atoms with Crippen LogP contribution in [0.5, 0.6) is 0 Å². The Hall–Kier alpha value is -2.71. The molecule has 2 N–H and O–H groups in total. The summed E-state index contributed by atoms with van der Waals surface area (Å²) in [5.41, 5.74) is 2.40. The number of amides is 2. The van der Waals surface area contributed by atoms with Gasteiger partial charge in [-0.25, -0.2) is 4.98 Å². The number of thiophene rings is 1. The summed E-state index contributed by atoms with van der Waals surface area (Å²) in [6, 6.07) is 9.74. The lowest BCUT2D eigenvalue weighted by Gasteiger charge is -2.23. The van der Waals surface area contributed by atoms with Crippen molar-refractivity contribution in [3.05, 3.63) is 52.0 Å². The summed E-state index contributed by atoms with van der Waals surface area (Å²) in [5, 5.41) is 8.18. The summed E-state index contributed by atoms with van der Waals surface area (Å²) in [4.78, 5) is 32.7. The van der Waals surface area contributed by atoms with Gasteiger partial charge in [0.2, 0.25) is 5.91 Å². The van der Waals surface area contributed by atoms with Crippen molar-refractivity contribution < 1.29 is 14.3 Å². The fourth-order valence-corrected chi connectivity index (χ4v) is 6.25. The Labute approximate surface area is 236 Å². The fourth-order valence-electron chi connectivity index (χ4n) is 5.55. The molecule has 0 aliphatic carbocycles. The third-order valence-electron chi connectivity index (χ3n) is 7.77. The second kappa shape index (κ2) is 14.1. The number of carbonyl (C=O) groups excluding carboxylic acids is 2. The molecule has 0 bridgehead atoms. The Morgan fingerprint density at radius 3 is 2.59 bits per heavy atom. The molecule has 7 nitrogen and oxygen atoms in total. The molecule has 2 amide bonds. The normalized spacial score (nSPS) is 15.2. The average Bonchev–Trinajstić information content (AvgIpc) is 3.57. The largest absolute Gasteiger partial charge is 0.381 e. The van der Waals surface area contributed by atoms with E-state index >= 15 is 0 Å². The number of benzene rings is 1. The first-order valence-electron chi connectivity index (χ1n) is 14.6. The van der Waals surface area contributed by atoms with Crippen LogP contribution in [0.2, 0.25) is 0 Å². The smallest absolute Gasteiger partial charge is 0.252 e. The lowest BCUT2D eigenvalue weighted by atomic mass is 9.96.